The van der Waals surface area contributed by atoms with E-state index in [4.69, 9.17) is 52.1 Å². The number of hydrogen-bond acceptors (Lipinski definition) is 21. The summed E-state index contributed by atoms with van der Waals surface area (Å²) in [4.78, 5) is 128. The van der Waals surface area contributed by atoms with E-state index >= 15 is 0 Å². The summed E-state index contributed by atoms with van der Waals surface area (Å²) in [6.07, 6.45) is -8.59. The highest BCUT2D eigenvalue weighted by atomic mass is 16.8. The van der Waals surface area contributed by atoms with Crippen LogP contribution < -0.4 is 0 Å². The number of carbonyl (C=O) groups is 10. The highest BCUT2D eigenvalue weighted by Crippen LogP contribution is 2.66. The van der Waals surface area contributed by atoms with E-state index in [1.165, 1.54) is 27.7 Å². The van der Waals surface area contributed by atoms with Crippen LogP contribution in [-0.2, 0) is 100 Å². The molecule has 0 aromatic heterocycles. The normalized spacial score (nSPS) is 36.2. The predicted octanol–water partition coefficient (Wildman–Crippen LogP) is 5.74. The second-order valence-electron chi connectivity index (χ2n) is 22.8. The number of ketones is 3. The number of ether oxygens (including phenoxy) is 11. The van der Waals surface area contributed by atoms with Gasteiger partial charge in [0, 0.05) is 72.6 Å². The molecule has 2 heterocycles. The number of esters is 7. The Bertz CT molecular complexity index is 2270. The van der Waals surface area contributed by atoms with Gasteiger partial charge < -0.3 is 56.9 Å². The fourth-order valence-electron chi connectivity index (χ4n) is 13.4. The van der Waals surface area contributed by atoms with Crippen molar-refractivity contribution >= 4 is 59.1 Å². The lowest BCUT2D eigenvalue weighted by Crippen LogP contribution is -2.67. The van der Waals surface area contributed by atoms with E-state index in [1.54, 1.807) is 0 Å². The molecule has 0 aromatic rings. The molecule has 0 spiro atoms. The fraction of sp³-hybridized carbons (Fsp3) is 0.786. The van der Waals surface area contributed by atoms with E-state index < -0.39 is 122 Å². The zero-order valence-electron chi connectivity index (χ0n) is 46.7. The van der Waals surface area contributed by atoms with Crippen LogP contribution in [0.15, 0.2) is 11.6 Å². The van der Waals surface area contributed by atoms with Gasteiger partial charge in [0.25, 0.3) is 0 Å². The van der Waals surface area contributed by atoms with Gasteiger partial charge in [-0.2, -0.15) is 0 Å². The number of carbonyl (C=O) groups excluding carboxylic acids is 10. The summed E-state index contributed by atoms with van der Waals surface area (Å²) in [6, 6.07) is 0. The summed E-state index contributed by atoms with van der Waals surface area (Å²) in [7, 11) is 0. The Labute approximate surface area is 450 Å². The molecule has 6 aliphatic rings. The van der Waals surface area contributed by atoms with Gasteiger partial charge in [0.2, 0.25) is 0 Å². The van der Waals surface area contributed by atoms with Crippen molar-refractivity contribution in [1.82, 2.24) is 0 Å². The maximum atomic E-state index is 14.1. The third-order valence-electron chi connectivity index (χ3n) is 17.0. The molecule has 77 heavy (non-hydrogen) atoms. The molecule has 3 saturated carbocycles. The summed E-state index contributed by atoms with van der Waals surface area (Å²) in [5, 5.41) is 0. The number of allylic oxidation sites excluding steroid dienone is 1. The summed E-state index contributed by atoms with van der Waals surface area (Å²) in [6.45, 7) is 17.8. The van der Waals surface area contributed by atoms with E-state index in [2.05, 4.69) is 19.9 Å². The van der Waals surface area contributed by atoms with Crippen molar-refractivity contribution in [3.8, 4) is 0 Å². The minimum atomic E-state index is -1.69. The highest BCUT2D eigenvalue weighted by Gasteiger charge is 2.63. The maximum Gasteiger partial charge on any atom is 0.306 e. The Morgan fingerprint density at radius 2 is 1.23 bits per heavy atom. The molecule has 2 aliphatic heterocycles. The second-order valence-corrected chi connectivity index (χ2v) is 22.8. The zero-order valence-corrected chi connectivity index (χ0v) is 46.7. The topological polar surface area (TPSA) is 272 Å². The van der Waals surface area contributed by atoms with Crippen LogP contribution in [0.25, 0.3) is 0 Å². The molecule has 0 radical (unpaired) electrons. The first-order valence-corrected chi connectivity index (χ1v) is 27.1. The summed E-state index contributed by atoms with van der Waals surface area (Å²) >= 11 is 0. The van der Waals surface area contributed by atoms with Crippen molar-refractivity contribution in [3.05, 3.63) is 11.6 Å². The zero-order chi connectivity index (χ0) is 56.8. The first-order chi connectivity index (χ1) is 36.1. The number of Topliss-reactive ketones (excluding diaryl/α,β-unsaturated/α-hetero) is 3. The van der Waals surface area contributed by atoms with Crippen LogP contribution in [0.2, 0.25) is 0 Å². The van der Waals surface area contributed by atoms with Crippen LogP contribution in [0, 0.1) is 46.3 Å². The maximum absolute atomic E-state index is 14.1. The number of rotatable bonds is 21. The predicted molar refractivity (Wildman–Crippen MR) is 266 cm³/mol. The van der Waals surface area contributed by atoms with E-state index in [-0.39, 0.29) is 77.3 Å². The summed E-state index contributed by atoms with van der Waals surface area (Å²) < 4.78 is 65.7. The molecular weight excluding hydrogens is 1010 g/mol. The molecule has 0 bridgehead atoms. The molecule has 0 N–H and O–H groups in total. The molecule has 6 rings (SSSR count). The molecule has 1 unspecified atom stereocenters. The van der Waals surface area contributed by atoms with E-state index in [0.717, 1.165) is 46.1 Å². The van der Waals surface area contributed by atoms with Gasteiger partial charge in [-0.15, -0.1) is 0 Å². The smallest absolute Gasteiger partial charge is 0.306 e. The van der Waals surface area contributed by atoms with Crippen molar-refractivity contribution < 1.29 is 100 Å². The summed E-state index contributed by atoms with van der Waals surface area (Å²) in [5.74, 6) is -5.73. The van der Waals surface area contributed by atoms with Gasteiger partial charge >= 0.3 is 41.8 Å². The molecule has 0 amide bonds. The lowest BCUT2D eigenvalue weighted by atomic mass is 9.47. The van der Waals surface area contributed by atoms with Gasteiger partial charge in [0.15, 0.2) is 49.2 Å². The molecule has 5 fully saturated rings. The van der Waals surface area contributed by atoms with Crippen LogP contribution in [0.3, 0.4) is 0 Å². The van der Waals surface area contributed by atoms with Gasteiger partial charge in [0.05, 0.1) is 25.2 Å². The Morgan fingerprint density at radius 3 is 1.86 bits per heavy atom. The van der Waals surface area contributed by atoms with Crippen molar-refractivity contribution in [2.24, 2.45) is 46.3 Å². The molecule has 430 valence electrons. The van der Waals surface area contributed by atoms with Crippen molar-refractivity contribution in [2.75, 3.05) is 13.2 Å². The molecule has 2 saturated heterocycles. The number of fused-ring (bicyclic) bond motifs is 5. The lowest BCUT2D eigenvalue weighted by molar-refractivity contribution is -0.371. The van der Waals surface area contributed by atoms with Gasteiger partial charge in [-0.05, 0) is 93.3 Å². The quantitative estimate of drug-likeness (QED) is 0.0753. The molecule has 21 heteroatoms. The lowest BCUT2D eigenvalue weighted by Gasteiger charge is -2.58. The minimum Gasteiger partial charge on any atom is -0.466 e. The highest BCUT2D eigenvalue weighted by molar-refractivity contribution is 5.92. The van der Waals surface area contributed by atoms with Gasteiger partial charge in [-0.25, -0.2) is 0 Å². The Morgan fingerprint density at radius 1 is 0.636 bits per heavy atom. The van der Waals surface area contributed by atoms with E-state index in [0.29, 0.717) is 44.9 Å². The van der Waals surface area contributed by atoms with Crippen LogP contribution in [0.5, 0.6) is 0 Å². The largest absolute Gasteiger partial charge is 0.466 e. The van der Waals surface area contributed by atoms with Crippen molar-refractivity contribution in [3.63, 3.8) is 0 Å². The first kappa shape index (κ1) is 61.1. The van der Waals surface area contributed by atoms with E-state index in [9.17, 15) is 47.9 Å². The van der Waals surface area contributed by atoms with Gasteiger partial charge in [0.1, 0.15) is 30.1 Å². The monoisotopic (exact) mass is 1090 g/mol. The Kier molecular flexibility index (Phi) is 20.5. The Balaban J connectivity index is 1.31. The second kappa shape index (κ2) is 25.8. The van der Waals surface area contributed by atoms with E-state index in [1.807, 2.05) is 13.8 Å². The molecule has 21 nitrogen and oxygen atoms in total. The minimum absolute atomic E-state index is 0.00590. The average molecular weight is 1090 g/mol. The third kappa shape index (κ3) is 14.6. The third-order valence-corrected chi connectivity index (χ3v) is 17.0. The van der Waals surface area contributed by atoms with Crippen LogP contribution >= 0.6 is 0 Å². The van der Waals surface area contributed by atoms with Gasteiger partial charge in [-0.3, -0.25) is 43.2 Å². The SMILES string of the molecule is CC(=O)CCC(=O)O[C@H]1C(OC(C)=O)[C@@H](COC(C)=O)O[C@@H](O[C@H]2CC[C@@]3(C)C(=CC[C@H]4[C@@H]5CC(=O)[C@H]([C@H](C)C(=O)CC[C@H](C)COC(C)=O)[C@@]5(C)CC[C@@H]43)C2)[C@@H]1O[C@@H]1O[C@@H](C)[C@H](OC(C)=O)[C@@H](OC(C)=O)[C@H]1OC(C)=O. The van der Waals surface area contributed by atoms with Crippen LogP contribution in [0.1, 0.15) is 154 Å². The number of hydrogen-bond donors (Lipinski definition) is 0. The fourth-order valence-corrected chi connectivity index (χ4v) is 13.4. The average Bonchev–Trinajstić information content (AvgIpc) is 3.78. The molecular formula is C56H80O21. The summed E-state index contributed by atoms with van der Waals surface area (Å²) in [5.41, 5.74) is 0.508. The standard InChI is InChI=1S/C56H80O21/c1-27(25-67-31(5)58)13-17-42(64)29(3)46-43(65)24-41-39-16-15-37-23-38(19-21-55(37,11)40(39)20-22-56(41,46)12)74-54-52(77-53-51(73-36(10)63)49(72-35(9)62)47(30(4)69-53)70-33(7)60)50(76-45(66)18-14-28(2)57)48(71-34(8)61)44(75-54)26-68-32(6)59/h15,27,29-30,38-41,44,46-54H,13-14,16-26H2,1-12H3/t27-,29+,30-,38-,39+,40-,41-,44+,46-,47-,48?,49+,50-,51+,52+,53-,54+,55-,56-/m0/s1. The molecule has 0 aromatic carbocycles. The van der Waals surface area contributed by atoms with Crippen molar-refractivity contribution in [2.45, 2.75) is 221 Å². The van der Waals surface area contributed by atoms with Crippen LogP contribution in [0.4, 0.5) is 0 Å². The molecule has 4 aliphatic carbocycles. The first-order valence-electron chi connectivity index (χ1n) is 27.1. The Hall–Kier alpha value is -5.12. The van der Waals surface area contributed by atoms with Crippen LogP contribution in [-0.4, -0.2) is 140 Å². The molecule has 19 atom stereocenters. The van der Waals surface area contributed by atoms with Crippen molar-refractivity contribution in [1.29, 1.82) is 0 Å². The van der Waals surface area contributed by atoms with Gasteiger partial charge in [-0.1, -0.05) is 39.3 Å².